The Hall–Kier alpha value is -4.38. The molecule has 0 saturated carbocycles. The van der Waals surface area contributed by atoms with Gasteiger partial charge in [-0.05, 0) is 54.7 Å². The number of para-hydroxylation sites is 1. The lowest BCUT2D eigenvalue weighted by molar-refractivity contribution is -0.118. The Labute approximate surface area is 210 Å². The molecule has 0 radical (unpaired) electrons. The summed E-state index contributed by atoms with van der Waals surface area (Å²) >= 11 is 0. The third-order valence-corrected chi connectivity index (χ3v) is 5.95. The summed E-state index contributed by atoms with van der Waals surface area (Å²) in [4.78, 5) is 17.7. The summed E-state index contributed by atoms with van der Waals surface area (Å²) in [5.74, 6) is 1.65. The van der Waals surface area contributed by atoms with Crippen molar-refractivity contribution in [2.75, 3.05) is 19.0 Å². The van der Waals surface area contributed by atoms with E-state index in [-0.39, 0.29) is 23.4 Å². The van der Waals surface area contributed by atoms with E-state index in [1.165, 1.54) is 10.9 Å². The Morgan fingerprint density at radius 3 is 2.61 bits per heavy atom. The normalized spacial score (nSPS) is 11.2. The Bertz CT molecular complexity index is 1490. The van der Waals surface area contributed by atoms with Crippen molar-refractivity contribution < 1.29 is 14.3 Å². The molecule has 2 aromatic carbocycles. The number of aryl methyl sites for hydroxylation is 2. The molecular formula is C28H29N5O3. The number of benzene rings is 2. The fourth-order valence-electron chi connectivity index (χ4n) is 4.04. The van der Waals surface area contributed by atoms with Gasteiger partial charge in [-0.15, -0.1) is 0 Å². The first-order valence-electron chi connectivity index (χ1n) is 11.6. The Morgan fingerprint density at radius 2 is 1.92 bits per heavy atom. The van der Waals surface area contributed by atoms with E-state index in [4.69, 9.17) is 14.5 Å². The number of ether oxygens (including phenoxy) is 2. The Balaban J connectivity index is 1.61. The van der Waals surface area contributed by atoms with Crippen molar-refractivity contribution in [2.24, 2.45) is 0 Å². The van der Waals surface area contributed by atoms with E-state index in [0.29, 0.717) is 17.3 Å². The molecule has 4 rings (SSSR count). The molecule has 0 unspecified atom stereocenters. The second-order valence-corrected chi connectivity index (χ2v) is 9.65. The van der Waals surface area contributed by atoms with Crippen molar-refractivity contribution in [1.82, 2.24) is 14.8 Å². The summed E-state index contributed by atoms with van der Waals surface area (Å²) in [6, 6.07) is 15.5. The molecule has 8 heteroatoms. The quantitative estimate of drug-likeness (QED) is 0.403. The number of carbonyl (C=O) groups is 1. The van der Waals surface area contributed by atoms with Crippen LogP contribution in [0.1, 0.15) is 43.0 Å². The predicted octanol–water partition coefficient (Wildman–Crippen LogP) is 5.23. The number of aromatic nitrogens is 3. The first kappa shape index (κ1) is 24.7. The van der Waals surface area contributed by atoms with Gasteiger partial charge in [0.15, 0.2) is 18.2 Å². The van der Waals surface area contributed by atoms with Gasteiger partial charge in [-0.25, -0.2) is 4.98 Å². The first-order valence-corrected chi connectivity index (χ1v) is 11.6. The molecule has 1 amide bonds. The first-order chi connectivity index (χ1) is 17.1. The van der Waals surface area contributed by atoms with E-state index in [1.54, 1.807) is 19.2 Å². The fraction of sp³-hybridized carbons (Fsp3) is 0.286. The highest BCUT2D eigenvalue weighted by Gasteiger charge is 2.22. The van der Waals surface area contributed by atoms with Gasteiger partial charge in [-0.1, -0.05) is 39.0 Å². The molecule has 36 heavy (non-hydrogen) atoms. The molecular weight excluding hydrogens is 454 g/mol. The minimum absolute atomic E-state index is 0.218. The average molecular weight is 484 g/mol. The molecule has 0 aliphatic heterocycles. The van der Waals surface area contributed by atoms with Crippen LogP contribution in [-0.2, 0) is 10.2 Å². The van der Waals surface area contributed by atoms with Crippen molar-refractivity contribution >= 4 is 22.6 Å². The van der Waals surface area contributed by atoms with Gasteiger partial charge in [-0.2, -0.15) is 15.0 Å². The monoisotopic (exact) mass is 483 g/mol. The summed E-state index contributed by atoms with van der Waals surface area (Å²) in [5.41, 5.74) is 3.82. The van der Waals surface area contributed by atoms with Gasteiger partial charge in [-0.3, -0.25) is 4.79 Å². The van der Waals surface area contributed by atoms with Crippen molar-refractivity contribution in [1.29, 1.82) is 5.26 Å². The number of nitriles is 1. The largest absolute Gasteiger partial charge is 0.497 e. The lowest BCUT2D eigenvalue weighted by atomic mass is 9.86. The van der Waals surface area contributed by atoms with Gasteiger partial charge in [0.1, 0.15) is 23.1 Å². The third kappa shape index (κ3) is 4.86. The molecule has 184 valence electrons. The molecule has 0 spiro atoms. The molecule has 8 nitrogen and oxygen atoms in total. The smallest absolute Gasteiger partial charge is 0.263 e. The Morgan fingerprint density at radius 1 is 1.14 bits per heavy atom. The summed E-state index contributed by atoms with van der Waals surface area (Å²) in [7, 11) is 1.61. The van der Waals surface area contributed by atoms with Gasteiger partial charge >= 0.3 is 0 Å². The molecule has 0 atom stereocenters. The molecule has 0 bridgehead atoms. The number of fused-ring (bicyclic) bond motifs is 1. The summed E-state index contributed by atoms with van der Waals surface area (Å²) < 4.78 is 12.7. The van der Waals surface area contributed by atoms with E-state index in [2.05, 4.69) is 37.3 Å². The van der Waals surface area contributed by atoms with E-state index >= 15 is 0 Å². The number of rotatable bonds is 6. The number of hydrogen-bond donors (Lipinski definition) is 1. The highest BCUT2D eigenvalue weighted by Crippen LogP contribution is 2.34. The number of carbonyl (C=O) groups excluding carboxylic acids is 1. The zero-order valence-electron chi connectivity index (χ0n) is 21.3. The standard InChI is InChI=1S/C28H29N5O3/c1-17-8-7-9-21-18(2)12-24(31-26(17)21)33-27(19(14-29)15-30-33)32-25(34)16-36-23-11-10-20(35-6)13-22(23)28(3,4)5/h7-13,15H,16H2,1-6H3,(H,32,34). The number of anilines is 1. The van der Waals surface area contributed by atoms with Crippen LogP contribution in [0.4, 0.5) is 5.82 Å². The summed E-state index contributed by atoms with van der Waals surface area (Å²) in [5, 5.41) is 17.8. The van der Waals surface area contributed by atoms with Crippen LogP contribution in [-0.4, -0.2) is 34.4 Å². The van der Waals surface area contributed by atoms with E-state index in [0.717, 1.165) is 27.6 Å². The van der Waals surface area contributed by atoms with Gasteiger partial charge in [0, 0.05) is 10.9 Å². The second-order valence-electron chi connectivity index (χ2n) is 9.65. The maximum Gasteiger partial charge on any atom is 0.263 e. The van der Waals surface area contributed by atoms with Gasteiger partial charge in [0.25, 0.3) is 5.91 Å². The maximum atomic E-state index is 12.9. The summed E-state index contributed by atoms with van der Waals surface area (Å²) in [6.07, 6.45) is 1.41. The number of nitrogens with one attached hydrogen (secondary N) is 1. The van der Waals surface area contributed by atoms with Crippen LogP contribution >= 0.6 is 0 Å². The molecule has 0 aliphatic rings. The number of amides is 1. The minimum atomic E-state index is -0.419. The van der Waals surface area contributed by atoms with Crippen molar-refractivity contribution in [3.05, 3.63) is 70.9 Å². The molecule has 1 N–H and O–H groups in total. The van der Waals surface area contributed by atoms with Crippen LogP contribution < -0.4 is 14.8 Å². The molecule has 2 aromatic heterocycles. The van der Waals surface area contributed by atoms with Crippen molar-refractivity contribution in [3.8, 4) is 23.4 Å². The highest BCUT2D eigenvalue weighted by atomic mass is 16.5. The molecule has 0 aliphatic carbocycles. The van der Waals surface area contributed by atoms with Crippen LogP contribution in [0.5, 0.6) is 11.5 Å². The molecule has 2 heterocycles. The maximum absolute atomic E-state index is 12.9. The third-order valence-electron chi connectivity index (χ3n) is 5.95. The number of methoxy groups -OCH3 is 1. The lowest BCUT2D eigenvalue weighted by Gasteiger charge is -2.23. The van der Waals surface area contributed by atoms with Gasteiger partial charge in [0.05, 0.1) is 18.8 Å². The van der Waals surface area contributed by atoms with Crippen LogP contribution in [0.25, 0.3) is 16.7 Å². The lowest BCUT2D eigenvalue weighted by Crippen LogP contribution is -2.24. The van der Waals surface area contributed by atoms with E-state index < -0.39 is 5.91 Å². The topological polar surface area (TPSA) is 102 Å². The van der Waals surface area contributed by atoms with Crippen LogP contribution in [0.2, 0.25) is 0 Å². The average Bonchev–Trinajstić information content (AvgIpc) is 3.25. The Kier molecular flexibility index (Phi) is 6.67. The van der Waals surface area contributed by atoms with Crippen molar-refractivity contribution in [2.45, 2.75) is 40.0 Å². The van der Waals surface area contributed by atoms with E-state index in [9.17, 15) is 10.1 Å². The second kappa shape index (κ2) is 9.70. The summed E-state index contributed by atoms with van der Waals surface area (Å²) in [6.45, 7) is 9.93. The zero-order valence-corrected chi connectivity index (χ0v) is 21.3. The van der Waals surface area contributed by atoms with Crippen LogP contribution in [0.15, 0.2) is 48.7 Å². The predicted molar refractivity (Wildman–Crippen MR) is 139 cm³/mol. The fourth-order valence-corrected chi connectivity index (χ4v) is 4.04. The number of nitrogens with zero attached hydrogens (tertiary/aromatic N) is 4. The van der Waals surface area contributed by atoms with Crippen molar-refractivity contribution in [3.63, 3.8) is 0 Å². The zero-order chi connectivity index (χ0) is 26.0. The highest BCUT2D eigenvalue weighted by molar-refractivity contribution is 5.93. The van der Waals surface area contributed by atoms with Crippen LogP contribution in [0, 0.1) is 25.2 Å². The van der Waals surface area contributed by atoms with Crippen LogP contribution in [0.3, 0.4) is 0 Å². The molecule has 4 aromatic rings. The number of pyridine rings is 1. The number of hydrogen-bond acceptors (Lipinski definition) is 6. The SMILES string of the molecule is COc1ccc(OCC(=O)Nc2c(C#N)cnn2-c2cc(C)c3cccc(C)c3n2)c(C(C)(C)C)c1. The minimum Gasteiger partial charge on any atom is -0.497 e. The molecule has 0 saturated heterocycles. The van der Waals surface area contributed by atoms with Gasteiger partial charge in [0.2, 0.25) is 0 Å². The van der Waals surface area contributed by atoms with Gasteiger partial charge < -0.3 is 14.8 Å². The molecule has 0 fully saturated rings. The van der Waals surface area contributed by atoms with E-state index in [1.807, 2.05) is 44.2 Å².